The van der Waals surface area contributed by atoms with Crippen molar-refractivity contribution in [2.24, 2.45) is 0 Å². The number of nitrogens with zero attached hydrogens (tertiary/aromatic N) is 1. The van der Waals surface area contributed by atoms with Gasteiger partial charge in [-0.2, -0.15) is 0 Å². The number of rotatable bonds is 5. The molecule has 0 unspecified atom stereocenters. The summed E-state index contributed by atoms with van der Waals surface area (Å²) in [4.78, 5) is 0. The summed E-state index contributed by atoms with van der Waals surface area (Å²) < 4.78 is 12.4. The van der Waals surface area contributed by atoms with Gasteiger partial charge >= 0.3 is 0 Å². The van der Waals surface area contributed by atoms with Gasteiger partial charge in [0.15, 0.2) is 0 Å². The lowest BCUT2D eigenvalue weighted by molar-refractivity contribution is 0.0243. The van der Waals surface area contributed by atoms with Crippen molar-refractivity contribution in [3.8, 4) is 0 Å². The molecule has 0 fully saturated rings. The number of unbranched alkanes of at least 4 members (excludes halogenated alkanes) is 1. The molecule has 0 aliphatic rings. The van der Waals surface area contributed by atoms with Crippen molar-refractivity contribution in [1.82, 2.24) is 5.12 Å². The molecule has 0 atom stereocenters. The van der Waals surface area contributed by atoms with Crippen LogP contribution in [0.5, 0.6) is 0 Å². The Morgan fingerprint density at radius 1 is 1.11 bits per heavy atom. The zero-order chi connectivity index (χ0) is 7.11. The zero-order valence-corrected chi connectivity index (χ0v) is 6.36. The zero-order valence-electron chi connectivity index (χ0n) is 6.36. The lowest BCUT2D eigenvalue weighted by Crippen LogP contribution is -2.15. The van der Waals surface area contributed by atoms with E-state index in [-0.39, 0.29) is 0 Å². The van der Waals surface area contributed by atoms with Gasteiger partial charge in [-0.25, -0.2) is 0 Å². The lowest BCUT2D eigenvalue weighted by Gasteiger charge is -2.07. The third-order valence-electron chi connectivity index (χ3n) is 1.22. The second-order valence-electron chi connectivity index (χ2n) is 2.26. The molecule has 0 aliphatic carbocycles. The standard InChI is InChI=1S/C7H16FN/c1-3-5-7-9(8)6-4-2/h3-7H2,1-2H3. The van der Waals surface area contributed by atoms with Gasteiger partial charge in [0.2, 0.25) is 0 Å². The molecule has 0 saturated heterocycles. The monoisotopic (exact) mass is 133 g/mol. The summed E-state index contributed by atoms with van der Waals surface area (Å²) in [5.41, 5.74) is 0. The van der Waals surface area contributed by atoms with E-state index >= 15 is 0 Å². The highest BCUT2D eigenvalue weighted by Gasteiger charge is 1.97. The summed E-state index contributed by atoms with van der Waals surface area (Å²) >= 11 is 0. The molecule has 56 valence electrons. The first-order valence-electron chi connectivity index (χ1n) is 3.72. The Morgan fingerprint density at radius 3 is 2.22 bits per heavy atom. The Hall–Kier alpha value is -0.110. The van der Waals surface area contributed by atoms with Gasteiger partial charge in [-0.3, -0.25) is 0 Å². The van der Waals surface area contributed by atoms with Crippen molar-refractivity contribution >= 4 is 0 Å². The maximum absolute atomic E-state index is 12.4. The van der Waals surface area contributed by atoms with Crippen molar-refractivity contribution in [2.75, 3.05) is 13.1 Å². The molecule has 0 heterocycles. The summed E-state index contributed by atoms with van der Waals surface area (Å²) in [7, 11) is 0. The summed E-state index contributed by atoms with van der Waals surface area (Å²) in [5, 5.41) is 0.892. The predicted octanol–water partition coefficient (Wildman–Crippen LogP) is 2.38. The molecule has 0 radical (unpaired) electrons. The SMILES string of the molecule is CCCCN(F)CCC. The molecule has 0 aromatic carbocycles. The highest BCUT2D eigenvalue weighted by atomic mass is 19.2. The molecule has 0 rings (SSSR count). The number of hydrogen-bond acceptors (Lipinski definition) is 1. The van der Waals surface area contributed by atoms with Gasteiger partial charge in [-0.05, 0) is 12.8 Å². The van der Waals surface area contributed by atoms with Crippen LogP contribution in [-0.4, -0.2) is 18.2 Å². The van der Waals surface area contributed by atoms with Crippen molar-refractivity contribution < 1.29 is 4.48 Å². The smallest absolute Gasteiger partial charge is 0.0290 e. The van der Waals surface area contributed by atoms with Crippen LogP contribution in [0.3, 0.4) is 0 Å². The number of halogens is 1. The van der Waals surface area contributed by atoms with Gasteiger partial charge in [0.05, 0.1) is 0 Å². The minimum Gasteiger partial charge on any atom is -0.146 e. The van der Waals surface area contributed by atoms with E-state index in [1.165, 1.54) is 0 Å². The molecular formula is C7H16FN. The van der Waals surface area contributed by atoms with E-state index in [9.17, 15) is 4.48 Å². The predicted molar refractivity (Wildman–Crippen MR) is 37.9 cm³/mol. The Labute approximate surface area is 56.8 Å². The first kappa shape index (κ1) is 8.89. The van der Waals surface area contributed by atoms with Gasteiger partial charge in [0.25, 0.3) is 0 Å². The topological polar surface area (TPSA) is 3.24 Å². The number of hydrogen-bond donors (Lipinski definition) is 0. The van der Waals surface area contributed by atoms with Crippen molar-refractivity contribution in [2.45, 2.75) is 33.1 Å². The van der Waals surface area contributed by atoms with Crippen molar-refractivity contribution in [3.63, 3.8) is 0 Å². The Kier molecular flexibility index (Phi) is 5.94. The third-order valence-corrected chi connectivity index (χ3v) is 1.22. The van der Waals surface area contributed by atoms with E-state index in [0.717, 1.165) is 24.4 Å². The van der Waals surface area contributed by atoms with E-state index in [0.29, 0.717) is 13.1 Å². The van der Waals surface area contributed by atoms with Crippen molar-refractivity contribution in [1.29, 1.82) is 0 Å². The Morgan fingerprint density at radius 2 is 1.78 bits per heavy atom. The highest BCUT2D eigenvalue weighted by molar-refractivity contribution is 4.42. The maximum Gasteiger partial charge on any atom is 0.0290 e. The average Bonchev–Trinajstić information content (AvgIpc) is 1.85. The summed E-state index contributed by atoms with van der Waals surface area (Å²) in [6.07, 6.45) is 2.95. The molecule has 0 N–H and O–H groups in total. The maximum atomic E-state index is 12.4. The molecule has 2 heteroatoms. The molecule has 0 amide bonds. The molecule has 0 spiro atoms. The van der Waals surface area contributed by atoms with Crippen LogP contribution >= 0.6 is 0 Å². The molecule has 9 heavy (non-hydrogen) atoms. The van der Waals surface area contributed by atoms with Crippen LogP contribution in [0, 0.1) is 0 Å². The van der Waals surface area contributed by atoms with Gasteiger partial charge in [-0.15, -0.1) is 9.60 Å². The van der Waals surface area contributed by atoms with Crippen LogP contribution in [0.1, 0.15) is 33.1 Å². The molecule has 0 aromatic heterocycles. The molecule has 0 aromatic rings. The Balaban J connectivity index is 2.95. The van der Waals surface area contributed by atoms with Gasteiger partial charge in [-0.1, -0.05) is 20.3 Å². The van der Waals surface area contributed by atoms with Gasteiger partial charge in [0.1, 0.15) is 0 Å². The summed E-state index contributed by atoms with van der Waals surface area (Å²) in [6.45, 7) is 5.24. The van der Waals surface area contributed by atoms with Crippen LogP contribution in [0.2, 0.25) is 0 Å². The van der Waals surface area contributed by atoms with E-state index in [1.807, 2.05) is 6.92 Å². The highest BCUT2D eigenvalue weighted by Crippen LogP contribution is 1.95. The summed E-state index contributed by atoms with van der Waals surface area (Å²) in [6, 6.07) is 0. The minimum atomic E-state index is 0.583. The molecule has 0 aliphatic heterocycles. The molecule has 0 saturated carbocycles. The average molecular weight is 133 g/mol. The fourth-order valence-electron chi connectivity index (χ4n) is 0.684. The van der Waals surface area contributed by atoms with Crippen LogP contribution in [0.15, 0.2) is 0 Å². The molecule has 1 nitrogen and oxygen atoms in total. The second kappa shape index (κ2) is 6.02. The van der Waals surface area contributed by atoms with Crippen LogP contribution in [0.4, 0.5) is 4.48 Å². The van der Waals surface area contributed by atoms with Crippen LogP contribution in [0.25, 0.3) is 0 Å². The fraction of sp³-hybridized carbons (Fsp3) is 1.00. The van der Waals surface area contributed by atoms with Gasteiger partial charge in [0, 0.05) is 13.1 Å². The van der Waals surface area contributed by atoms with E-state index in [2.05, 4.69) is 6.92 Å². The summed E-state index contributed by atoms with van der Waals surface area (Å²) in [5.74, 6) is 0. The first-order chi connectivity index (χ1) is 4.31. The largest absolute Gasteiger partial charge is 0.146 e. The van der Waals surface area contributed by atoms with E-state index in [1.54, 1.807) is 0 Å². The first-order valence-corrected chi connectivity index (χ1v) is 3.72. The Bertz CT molecular complexity index is 56.9. The third kappa shape index (κ3) is 5.77. The van der Waals surface area contributed by atoms with Crippen molar-refractivity contribution in [3.05, 3.63) is 0 Å². The lowest BCUT2D eigenvalue weighted by atomic mass is 10.3. The van der Waals surface area contributed by atoms with E-state index in [4.69, 9.17) is 0 Å². The fourth-order valence-corrected chi connectivity index (χ4v) is 0.684. The van der Waals surface area contributed by atoms with Gasteiger partial charge < -0.3 is 0 Å². The molecule has 0 bridgehead atoms. The minimum absolute atomic E-state index is 0.583. The van der Waals surface area contributed by atoms with E-state index < -0.39 is 0 Å². The normalized spacial score (nSPS) is 10.7. The second-order valence-corrected chi connectivity index (χ2v) is 2.26. The quantitative estimate of drug-likeness (QED) is 0.520. The van der Waals surface area contributed by atoms with Crippen LogP contribution in [-0.2, 0) is 0 Å². The molecular weight excluding hydrogens is 117 g/mol. The van der Waals surface area contributed by atoms with Crippen LogP contribution < -0.4 is 0 Å².